The minimum Gasteiger partial charge on any atom is -0.355 e. The number of sulfonamides is 1. The van der Waals surface area contributed by atoms with E-state index < -0.39 is 16.1 Å². The molecule has 0 aliphatic rings. The van der Waals surface area contributed by atoms with Gasteiger partial charge in [0.05, 0.1) is 11.9 Å². The van der Waals surface area contributed by atoms with Gasteiger partial charge in [-0.05, 0) is 63.4 Å². The summed E-state index contributed by atoms with van der Waals surface area (Å²) in [5.41, 5.74) is 2.91. The van der Waals surface area contributed by atoms with Gasteiger partial charge in [0.15, 0.2) is 0 Å². The molecule has 2 rings (SSSR count). The fourth-order valence-corrected chi connectivity index (χ4v) is 5.26. The first-order chi connectivity index (χ1) is 16.4. The number of hydrogen-bond acceptors (Lipinski definition) is 4. The Labute approximate surface area is 218 Å². The maximum absolute atomic E-state index is 13.3. The first-order valence-electron chi connectivity index (χ1n) is 11.4. The van der Waals surface area contributed by atoms with Gasteiger partial charge in [-0.2, -0.15) is 0 Å². The minimum atomic E-state index is -3.56. The second-order valence-corrected chi connectivity index (χ2v) is 11.2. The van der Waals surface area contributed by atoms with Crippen molar-refractivity contribution in [1.29, 1.82) is 0 Å². The average molecular weight is 543 g/mol. The number of amides is 2. The Morgan fingerprint density at radius 3 is 2.29 bits per heavy atom. The molecule has 10 heteroatoms. The van der Waals surface area contributed by atoms with E-state index in [9.17, 15) is 18.0 Å². The van der Waals surface area contributed by atoms with Crippen LogP contribution in [0, 0.1) is 13.8 Å². The van der Waals surface area contributed by atoms with Crippen molar-refractivity contribution in [2.75, 3.05) is 23.7 Å². The molecule has 0 aliphatic carbocycles. The van der Waals surface area contributed by atoms with Crippen LogP contribution in [0.5, 0.6) is 0 Å². The van der Waals surface area contributed by atoms with Crippen LogP contribution in [0.1, 0.15) is 43.4 Å². The number of aryl methyl sites for hydroxylation is 2. The number of nitrogens with zero attached hydrogens (tertiary/aromatic N) is 2. The molecule has 7 nitrogen and oxygen atoms in total. The summed E-state index contributed by atoms with van der Waals surface area (Å²) >= 11 is 12.6. The number of carbonyl (C=O) groups is 2. The molecule has 0 heterocycles. The molecule has 0 saturated heterocycles. The smallest absolute Gasteiger partial charge is 0.242 e. The number of hydrogen-bond donors (Lipinski definition) is 1. The molecule has 1 atom stereocenters. The van der Waals surface area contributed by atoms with Crippen LogP contribution in [0.15, 0.2) is 36.4 Å². The lowest BCUT2D eigenvalue weighted by atomic mass is 10.1. The molecule has 0 unspecified atom stereocenters. The lowest BCUT2D eigenvalue weighted by Crippen LogP contribution is -2.47. The van der Waals surface area contributed by atoms with Crippen molar-refractivity contribution in [3.63, 3.8) is 0 Å². The van der Waals surface area contributed by atoms with E-state index in [-0.39, 0.29) is 37.7 Å². The van der Waals surface area contributed by atoms with E-state index in [1.54, 1.807) is 32.0 Å². The highest BCUT2D eigenvalue weighted by molar-refractivity contribution is 7.92. The third-order valence-electron chi connectivity index (χ3n) is 5.69. The highest BCUT2D eigenvalue weighted by Gasteiger charge is 2.27. The summed E-state index contributed by atoms with van der Waals surface area (Å²) in [6.45, 7) is 7.81. The first-order valence-corrected chi connectivity index (χ1v) is 14.0. The van der Waals surface area contributed by atoms with Crippen LogP contribution in [0.25, 0.3) is 0 Å². The quantitative estimate of drug-likeness (QED) is 0.446. The average Bonchev–Trinajstić information content (AvgIpc) is 2.77. The van der Waals surface area contributed by atoms with Gasteiger partial charge in [-0.1, -0.05) is 41.4 Å². The summed E-state index contributed by atoms with van der Waals surface area (Å²) in [5.74, 6) is -0.591. The second-order valence-electron chi connectivity index (χ2n) is 8.52. The standard InChI is InChI=1S/C25H33Cl2N3O4S/c1-6-28-25(32)19(4)29(16-20-21(26)9-7-10-22(20)27)24(31)11-8-14-30(35(5,33)34)23-15-17(2)12-13-18(23)3/h7,9-10,12-13,15,19H,6,8,11,14,16H2,1-5H3,(H,28,32)/t19-/m0/s1. The van der Waals surface area contributed by atoms with Gasteiger partial charge in [-0.25, -0.2) is 8.42 Å². The molecule has 0 aliphatic heterocycles. The van der Waals surface area contributed by atoms with Gasteiger partial charge in [0.1, 0.15) is 6.04 Å². The van der Waals surface area contributed by atoms with Crippen molar-refractivity contribution in [2.45, 2.75) is 53.1 Å². The maximum atomic E-state index is 13.3. The summed E-state index contributed by atoms with van der Waals surface area (Å²) in [6.07, 6.45) is 1.47. The Morgan fingerprint density at radius 2 is 1.71 bits per heavy atom. The number of carbonyl (C=O) groups excluding carboxylic acids is 2. The molecule has 0 bridgehead atoms. The largest absolute Gasteiger partial charge is 0.355 e. The lowest BCUT2D eigenvalue weighted by Gasteiger charge is -2.30. The Bertz CT molecular complexity index is 1150. The van der Waals surface area contributed by atoms with Crippen LogP contribution in [0.3, 0.4) is 0 Å². The molecular formula is C25H33Cl2N3O4S. The summed E-state index contributed by atoms with van der Waals surface area (Å²) < 4.78 is 26.4. The van der Waals surface area contributed by atoms with Crippen LogP contribution in [0.2, 0.25) is 10.0 Å². The summed E-state index contributed by atoms with van der Waals surface area (Å²) in [5, 5.41) is 3.54. The molecule has 0 radical (unpaired) electrons. The Kier molecular flexibility index (Phi) is 10.4. The van der Waals surface area contributed by atoms with E-state index >= 15 is 0 Å². The van der Waals surface area contributed by atoms with Crippen molar-refractivity contribution >= 4 is 50.7 Å². The van der Waals surface area contributed by atoms with E-state index in [0.717, 1.165) is 17.4 Å². The Morgan fingerprint density at radius 1 is 1.09 bits per heavy atom. The maximum Gasteiger partial charge on any atom is 0.242 e. The normalized spacial score (nSPS) is 12.2. The molecule has 0 fully saturated rings. The van der Waals surface area contributed by atoms with Gasteiger partial charge in [0.2, 0.25) is 21.8 Å². The lowest BCUT2D eigenvalue weighted by molar-refractivity contribution is -0.140. The van der Waals surface area contributed by atoms with Crippen LogP contribution >= 0.6 is 23.2 Å². The molecule has 2 amide bonds. The summed E-state index contributed by atoms with van der Waals surface area (Å²) in [6, 6.07) is 9.91. The fourth-order valence-electron chi connectivity index (χ4n) is 3.73. The molecule has 0 spiro atoms. The molecule has 0 aromatic heterocycles. The van der Waals surface area contributed by atoms with Crippen LogP contribution in [0.4, 0.5) is 5.69 Å². The number of anilines is 1. The van der Waals surface area contributed by atoms with Crippen molar-refractivity contribution in [1.82, 2.24) is 10.2 Å². The van der Waals surface area contributed by atoms with Gasteiger partial charge in [0, 0.05) is 41.7 Å². The van der Waals surface area contributed by atoms with Gasteiger partial charge in [-0.15, -0.1) is 0 Å². The molecule has 1 N–H and O–H groups in total. The molecule has 35 heavy (non-hydrogen) atoms. The predicted octanol–water partition coefficient (Wildman–Crippen LogP) is 4.71. The number of likely N-dealkylation sites (N-methyl/N-ethyl adjacent to an activating group) is 1. The SMILES string of the molecule is CCNC(=O)[C@H](C)N(Cc1c(Cl)cccc1Cl)C(=O)CCCN(c1cc(C)ccc1C)S(C)(=O)=O. The van der Waals surface area contributed by atoms with Crippen LogP contribution in [-0.2, 0) is 26.2 Å². The zero-order valence-corrected chi connectivity index (χ0v) is 23.1. The Balaban J connectivity index is 2.24. The van der Waals surface area contributed by atoms with Crippen molar-refractivity contribution in [3.05, 3.63) is 63.1 Å². The number of rotatable bonds is 11. The van der Waals surface area contributed by atoms with Gasteiger partial charge in [0.25, 0.3) is 0 Å². The van der Waals surface area contributed by atoms with E-state index in [0.29, 0.717) is 27.8 Å². The molecule has 0 saturated carbocycles. The van der Waals surface area contributed by atoms with E-state index in [2.05, 4.69) is 5.32 Å². The monoisotopic (exact) mass is 541 g/mol. The van der Waals surface area contributed by atoms with Crippen LogP contribution in [-0.4, -0.2) is 50.5 Å². The summed E-state index contributed by atoms with van der Waals surface area (Å²) in [7, 11) is -3.56. The zero-order valence-electron chi connectivity index (χ0n) is 20.8. The third-order valence-corrected chi connectivity index (χ3v) is 7.58. The highest BCUT2D eigenvalue weighted by Crippen LogP contribution is 2.28. The summed E-state index contributed by atoms with van der Waals surface area (Å²) in [4.78, 5) is 27.3. The van der Waals surface area contributed by atoms with Crippen molar-refractivity contribution in [2.24, 2.45) is 0 Å². The van der Waals surface area contributed by atoms with Gasteiger partial charge in [-0.3, -0.25) is 13.9 Å². The van der Waals surface area contributed by atoms with Gasteiger partial charge >= 0.3 is 0 Å². The molecule has 2 aromatic carbocycles. The number of nitrogens with one attached hydrogen (secondary N) is 1. The number of benzene rings is 2. The van der Waals surface area contributed by atoms with Crippen molar-refractivity contribution in [3.8, 4) is 0 Å². The van der Waals surface area contributed by atoms with E-state index in [1.165, 1.54) is 9.21 Å². The van der Waals surface area contributed by atoms with Crippen LogP contribution < -0.4 is 9.62 Å². The third kappa shape index (κ3) is 7.85. The highest BCUT2D eigenvalue weighted by atomic mass is 35.5. The Hall–Kier alpha value is -2.29. The molecule has 2 aromatic rings. The molecule has 192 valence electrons. The van der Waals surface area contributed by atoms with E-state index in [1.807, 2.05) is 32.0 Å². The predicted molar refractivity (Wildman–Crippen MR) is 142 cm³/mol. The molecular weight excluding hydrogens is 509 g/mol. The first kappa shape index (κ1) is 28.9. The van der Waals surface area contributed by atoms with Gasteiger partial charge < -0.3 is 10.2 Å². The zero-order chi connectivity index (χ0) is 26.3. The minimum absolute atomic E-state index is 0.0443. The van der Waals surface area contributed by atoms with Crippen molar-refractivity contribution < 1.29 is 18.0 Å². The number of halogens is 2. The van der Waals surface area contributed by atoms with E-state index in [4.69, 9.17) is 23.2 Å². The fraction of sp³-hybridized carbons (Fsp3) is 0.440. The topological polar surface area (TPSA) is 86.8 Å². The second kappa shape index (κ2) is 12.6.